The zero-order valence-corrected chi connectivity index (χ0v) is 10.7. The van der Waals surface area contributed by atoms with Crippen molar-refractivity contribution in [1.29, 1.82) is 5.26 Å². The third-order valence-electron chi connectivity index (χ3n) is 3.07. The van der Waals surface area contributed by atoms with Crippen LogP contribution in [0.25, 0.3) is 0 Å². The van der Waals surface area contributed by atoms with Crippen molar-refractivity contribution in [3.63, 3.8) is 0 Å². The number of carboxylic acid groups (broad SMARTS) is 1. The first-order chi connectivity index (χ1) is 8.88. The van der Waals surface area contributed by atoms with Crippen molar-refractivity contribution in [2.45, 2.75) is 24.8 Å². The molecule has 1 aliphatic rings. The average Bonchev–Trinajstić information content (AvgIpc) is 2.73. The molecule has 1 saturated carbocycles. The SMILES string of the molecule is N#CCS(=O)(=O)NC1(c2ncc(C(=O)O)[nH]2)CCC1. The van der Waals surface area contributed by atoms with Gasteiger partial charge in [-0.25, -0.2) is 22.9 Å². The lowest BCUT2D eigenvalue weighted by Crippen LogP contribution is -2.52. The first-order valence-corrected chi connectivity index (χ1v) is 7.21. The lowest BCUT2D eigenvalue weighted by molar-refractivity contribution is 0.0690. The molecule has 0 atom stereocenters. The maximum Gasteiger partial charge on any atom is 0.353 e. The number of aromatic nitrogens is 2. The van der Waals surface area contributed by atoms with E-state index < -0.39 is 27.3 Å². The van der Waals surface area contributed by atoms with Crippen LogP contribution in [-0.4, -0.2) is 35.2 Å². The molecule has 2 rings (SSSR count). The summed E-state index contributed by atoms with van der Waals surface area (Å²) in [7, 11) is -3.73. The van der Waals surface area contributed by atoms with Crippen LogP contribution in [0.3, 0.4) is 0 Å². The summed E-state index contributed by atoms with van der Waals surface area (Å²) in [5, 5.41) is 17.3. The Bertz CT molecular complexity index is 639. The third kappa shape index (κ3) is 2.59. The number of nitrogens with one attached hydrogen (secondary N) is 2. The van der Waals surface area contributed by atoms with Crippen LogP contribution in [0.1, 0.15) is 35.6 Å². The van der Waals surface area contributed by atoms with E-state index >= 15 is 0 Å². The van der Waals surface area contributed by atoms with Gasteiger partial charge in [0.2, 0.25) is 10.0 Å². The second-order valence-electron chi connectivity index (χ2n) is 4.41. The van der Waals surface area contributed by atoms with Crippen LogP contribution in [0, 0.1) is 11.3 Å². The number of rotatable bonds is 5. The largest absolute Gasteiger partial charge is 0.477 e. The molecular weight excluding hydrogens is 272 g/mol. The van der Waals surface area contributed by atoms with Gasteiger partial charge in [0.15, 0.2) is 5.75 Å². The molecule has 0 amide bonds. The summed E-state index contributed by atoms with van der Waals surface area (Å²) < 4.78 is 25.8. The molecule has 1 aromatic rings. The Morgan fingerprint density at radius 1 is 1.63 bits per heavy atom. The Labute approximate surface area is 109 Å². The number of nitriles is 1. The second-order valence-corrected chi connectivity index (χ2v) is 6.13. The molecule has 1 heterocycles. The molecule has 1 aliphatic carbocycles. The van der Waals surface area contributed by atoms with Gasteiger partial charge in [-0.3, -0.25) is 0 Å². The molecule has 0 unspecified atom stereocenters. The first kappa shape index (κ1) is 13.5. The van der Waals surface area contributed by atoms with Crippen molar-refractivity contribution in [3.05, 3.63) is 17.7 Å². The number of nitrogens with zero attached hydrogens (tertiary/aromatic N) is 2. The summed E-state index contributed by atoms with van der Waals surface area (Å²) >= 11 is 0. The zero-order chi connectivity index (χ0) is 14.1. The van der Waals surface area contributed by atoms with Gasteiger partial charge in [0.1, 0.15) is 11.5 Å². The van der Waals surface area contributed by atoms with Crippen LogP contribution in [0.5, 0.6) is 0 Å². The Kier molecular flexibility index (Phi) is 3.30. The minimum absolute atomic E-state index is 0.0965. The smallest absolute Gasteiger partial charge is 0.353 e. The summed E-state index contributed by atoms with van der Waals surface area (Å²) in [5.74, 6) is -1.52. The van der Waals surface area contributed by atoms with Crippen molar-refractivity contribution >= 4 is 16.0 Å². The normalized spacial score (nSPS) is 17.4. The zero-order valence-electron chi connectivity index (χ0n) is 9.88. The molecule has 0 radical (unpaired) electrons. The molecule has 19 heavy (non-hydrogen) atoms. The van der Waals surface area contributed by atoms with Gasteiger partial charge in [-0.2, -0.15) is 5.26 Å². The average molecular weight is 284 g/mol. The van der Waals surface area contributed by atoms with Crippen LogP contribution < -0.4 is 4.72 Å². The predicted octanol–water partition coefficient (Wildman–Crippen LogP) is -0.0699. The highest BCUT2D eigenvalue weighted by molar-refractivity contribution is 7.89. The highest BCUT2D eigenvalue weighted by Crippen LogP contribution is 2.40. The molecule has 0 aliphatic heterocycles. The summed E-state index contributed by atoms with van der Waals surface area (Å²) in [6.45, 7) is 0. The number of hydrogen-bond donors (Lipinski definition) is 3. The minimum Gasteiger partial charge on any atom is -0.477 e. The maximum atomic E-state index is 11.7. The van der Waals surface area contributed by atoms with Gasteiger partial charge in [0.05, 0.1) is 17.8 Å². The molecule has 8 nitrogen and oxygen atoms in total. The fraction of sp³-hybridized carbons (Fsp3) is 0.500. The molecule has 102 valence electrons. The van der Waals surface area contributed by atoms with Crippen molar-refractivity contribution in [1.82, 2.24) is 14.7 Å². The van der Waals surface area contributed by atoms with Gasteiger partial charge in [-0.05, 0) is 19.3 Å². The Morgan fingerprint density at radius 3 is 2.74 bits per heavy atom. The van der Waals surface area contributed by atoms with E-state index in [0.29, 0.717) is 12.8 Å². The molecular formula is C10H12N4O4S. The van der Waals surface area contributed by atoms with E-state index in [1.807, 2.05) is 0 Å². The molecule has 0 saturated heterocycles. The van der Waals surface area contributed by atoms with Crippen molar-refractivity contribution in [2.24, 2.45) is 0 Å². The number of carbonyl (C=O) groups is 1. The van der Waals surface area contributed by atoms with Gasteiger partial charge < -0.3 is 10.1 Å². The number of carboxylic acids is 1. The topological polar surface area (TPSA) is 136 Å². The molecule has 3 N–H and O–H groups in total. The van der Waals surface area contributed by atoms with Crippen LogP contribution in [0.2, 0.25) is 0 Å². The summed E-state index contributed by atoms with van der Waals surface area (Å²) in [6, 6.07) is 1.58. The van der Waals surface area contributed by atoms with Gasteiger partial charge in [-0.1, -0.05) is 0 Å². The fourth-order valence-electron chi connectivity index (χ4n) is 2.01. The fourth-order valence-corrected chi connectivity index (χ4v) is 3.15. The molecule has 0 bridgehead atoms. The third-order valence-corrected chi connectivity index (χ3v) is 4.28. The molecule has 0 spiro atoms. The van der Waals surface area contributed by atoms with Crippen molar-refractivity contribution < 1.29 is 18.3 Å². The number of hydrogen-bond acceptors (Lipinski definition) is 5. The van der Waals surface area contributed by atoms with Gasteiger partial charge in [-0.15, -0.1) is 0 Å². The van der Waals surface area contributed by atoms with Crippen LogP contribution in [0.4, 0.5) is 0 Å². The highest BCUT2D eigenvalue weighted by Gasteiger charge is 2.44. The van der Waals surface area contributed by atoms with Crippen LogP contribution >= 0.6 is 0 Å². The number of aromatic amines is 1. The van der Waals surface area contributed by atoms with Crippen LogP contribution in [0.15, 0.2) is 6.20 Å². The van der Waals surface area contributed by atoms with Gasteiger partial charge in [0.25, 0.3) is 0 Å². The minimum atomic E-state index is -3.73. The lowest BCUT2D eigenvalue weighted by atomic mass is 9.77. The monoisotopic (exact) mass is 284 g/mol. The highest BCUT2D eigenvalue weighted by atomic mass is 32.2. The van der Waals surface area contributed by atoms with E-state index in [1.54, 1.807) is 6.07 Å². The Morgan fingerprint density at radius 2 is 2.32 bits per heavy atom. The molecule has 0 aromatic carbocycles. The predicted molar refractivity (Wildman–Crippen MR) is 63.6 cm³/mol. The summed E-state index contributed by atoms with van der Waals surface area (Å²) in [4.78, 5) is 17.3. The number of imidazole rings is 1. The van der Waals surface area contributed by atoms with E-state index in [-0.39, 0.29) is 11.5 Å². The van der Waals surface area contributed by atoms with E-state index in [2.05, 4.69) is 14.7 Å². The Balaban J connectivity index is 2.28. The first-order valence-electron chi connectivity index (χ1n) is 5.56. The standard InChI is InChI=1S/C10H12N4O4S/c11-4-5-19(17,18)14-10(2-1-3-10)9-12-6-7(13-9)8(15)16/h6,14H,1-3,5H2,(H,12,13)(H,15,16). The van der Waals surface area contributed by atoms with Crippen LogP contribution in [-0.2, 0) is 15.6 Å². The molecule has 9 heteroatoms. The summed E-state index contributed by atoms with van der Waals surface area (Å²) in [5.41, 5.74) is -1.01. The van der Waals surface area contributed by atoms with Gasteiger partial charge in [0, 0.05) is 0 Å². The quantitative estimate of drug-likeness (QED) is 0.692. The Hall–Kier alpha value is -1.92. The number of sulfonamides is 1. The van der Waals surface area contributed by atoms with Crippen molar-refractivity contribution in [3.8, 4) is 6.07 Å². The lowest BCUT2D eigenvalue weighted by Gasteiger charge is -2.40. The van der Waals surface area contributed by atoms with E-state index in [4.69, 9.17) is 10.4 Å². The molecule has 1 aromatic heterocycles. The van der Waals surface area contributed by atoms with Gasteiger partial charge >= 0.3 is 5.97 Å². The number of H-pyrrole nitrogens is 1. The van der Waals surface area contributed by atoms with E-state index in [0.717, 1.165) is 12.6 Å². The molecule has 1 fully saturated rings. The summed E-state index contributed by atoms with van der Waals surface area (Å²) in [6.07, 6.45) is 2.99. The van der Waals surface area contributed by atoms with E-state index in [1.165, 1.54) is 0 Å². The second kappa shape index (κ2) is 4.64. The van der Waals surface area contributed by atoms with E-state index in [9.17, 15) is 13.2 Å². The van der Waals surface area contributed by atoms with Crippen molar-refractivity contribution in [2.75, 3.05) is 5.75 Å². The number of aromatic carboxylic acids is 1. The maximum absolute atomic E-state index is 11.7.